The highest BCUT2D eigenvalue weighted by molar-refractivity contribution is 5.92. The number of fused-ring (bicyclic) bond motifs is 1. The van der Waals surface area contributed by atoms with Crippen molar-refractivity contribution >= 4 is 23.1 Å². The molecule has 0 atom stereocenters. The largest absolute Gasteiger partial charge is 0.367 e. The smallest absolute Gasteiger partial charge is 0.274 e. The van der Waals surface area contributed by atoms with Crippen LogP contribution in [0.15, 0.2) is 36.7 Å². The van der Waals surface area contributed by atoms with Crippen LogP contribution in [0.4, 0.5) is 11.5 Å². The zero-order valence-electron chi connectivity index (χ0n) is 19.9. The van der Waals surface area contributed by atoms with E-state index >= 15 is 0 Å². The molecule has 2 aliphatic rings. The molecule has 0 spiro atoms. The molecule has 0 N–H and O–H groups in total. The highest BCUT2D eigenvalue weighted by Gasteiger charge is 2.25. The van der Waals surface area contributed by atoms with Gasteiger partial charge in [0.2, 0.25) is 0 Å². The van der Waals surface area contributed by atoms with Gasteiger partial charge in [0.1, 0.15) is 5.65 Å². The van der Waals surface area contributed by atoms with Gasteiger partial charge in [0.25, 0.3) is 5.91 Å². The Morgan fingerprint density at radius 2 is 1.58 bits per heavy atom. The average molecular weight is 448 g/mol. The lowest BCUT2D eigenvalue weighted by Crippen LogP contribution is -2.49. The Balaban J connectivity index is 1.22. The number of anilines is 2. The summed E-state index contributed by atoms with van der Waals surface area (Å²) in [6.07, 6.45) is 7.92. The SMILES string of the molecule is CC(C)(C)c1cn2cc(N3CCN(C(=O)c4ccc(N5CCCCC5)nn4)CC3)ccc2n1. The van der Waals surface area contributed by atoms with Crippen molar-refractivity contribution in [1.29, 1.82) is 0 Å². The van der Waals surface area contributed by atoms with Gasteiger partial charge < -0.3 is 19.1 Å². The molecule has 2 fully saturated rings. The van der Waals surface area contributed by atoms with Gasteiger partial charge in [-0.25, -0.2) is 4.98 Å². The zero-order chi connectivity index (χ0) is 23.0. The standard InChI is InChI=1S/C25H33N7O/c1-25(2,3)21-18-32-17-19(7-9-22(32)26-21)29-13-15-31(16-14-29)24(33)20-8-10-23(28-27-20)30-11-5-4-6-12-30/h7-10,17-18H,4-6,11-16H2,1-3H3. The summed E-state index contributed by atoms with van der Waals surface area (Å²) in [7, 11) is 0. The summed E-state index contributed by atoms with van der Waals surface area (Å²) in [6, 6.07) is 7.96. The Kier molecular flexibility index (Phi) is 5.68. The molecular formula is C25H33N7O. The van der Waals surface area contributed by atoms with E-state index in [1.165, 1.54) is 19.3 Å². The van der Waals surface area contributed by atoms with E-state index < -0.39 is 0 Å². The second kappa shape index (κ2) is 8.65. The molecule has 174 valence electrons. The van der Waals surface area contributed by atoms with Crippen molar-refractivity contribution in [2.24, 2.45) is 0 Å². The number of pyridine rings is 1. The first kappa shape index (κ1) is 21.7. The molecule has 0 unspecified atom stereocenters. The first-order chi connectivity index (χ1) is 15.9. The number of nitrogens with zero attached hydrogens (tertiary/aromatic N) is 7. The van der Waals surface area contributed by atoms with Crippen LogP contribution in [0.3, 0.4) is 0 Å². The van der Waals surface area contributed by atoms with Crippen molar-refractivity contribution in [3.8, 4) is 0 Å². The molecule has 8 heteroatoms. The van der Waals surface area contributed by atoms with E-state index in [1.54, 1.807) is 0 Å². The van der Waals surface area contributed by atoms with Crippen LogP contribution in [0.1, 0.15) is 56.2 Å². The summed E-state index contributed by atoms with van der Waals surface area (Å²) in [5.74, 6) is 0.841. The fourth-order valence-corrected chi connectivity index (χ4v) is 4.59. The van der Waals surface area contributed by atoms with E-state index in [-0.39, 0.29) is 11.3 Å². The molecule has 1 amide bonds. The lowest BCUT2D eigenvalue weighted by molar-refractivity contribution is 0.0739. The lowest BCUT2D eigenvalue weighted by Gasteiger charge is -2.36. The van der Waals surface area contributed by atoms with E-state index in [2.05, 4.69) is 69.7 Å². The second-order valence-electron chi connectivity index (χ2n) is 10.1. The molecule has 0 bridgehead atoms. The lowest BCUT2D eigenvalue weighted by atomic mass is 9.93. The van der Waals surface area contributed by atoms with Gasteiger partial charge in [0.15, 0.2) is 11.5 Å². The summed E-state index contributed by atoms with van der Waals surface area (Å²) < 4.78 is 2.10. The summed E-state index contributed by atoms with van der Waals surface area (Å²) in [5, 5.41) is 8.59. The number of hydrogen-bond acceptors (Lipinski definition) is 6. The maximum Gasteiger partial charge on any atom is 0.274 e. The fourth-order valence-electron chi connectivity index (χ4n) is 4.59. The minimum Gasteiger partial charge on any atom is -0.367 e. The number of aromatic nitrogens is 4. The number of amides is 1. The Labute approximate surface area is 195 Å². The molecule has 0 saturated carbocycles. The van der Waals surface area contributed by atoms with E-state index in [0.29, 0.717) is 18.8 Å². The maximum absolute atomic E-state index is 13.0. The van der Waals surface area contributed by atoms with Gasteiger partial charge in [-0.2, -0.15) is 0 Å². The Morgan fingerprint density at radius 3 is 2.24 bits per heavy atom. The topological polar surface area (TPSA) is 69.9 Å². The molecule has 0 aliphatic carbocycles. The summed E-state index contributed by atoms with van der Waals surface area (Å²) in [6.45, 7) is 11.5. The molecule has 3 aromatic heterocycles. The third-order valence-electron chi connectivity index (χ3n) is 6.69. The van der Waals surface area contributed by atoms with Gasteiger partial charge in [-0.3, -0.25) is 4.79 Å². The predicted molar refractivity (Wildman–Crippen MR) is 130 cm³/mol. The van der Waals surface area contributed by atoms with Crippen LogP contribution in [0.25, 0.3) is 5.65 Å². The van der Waals surface area contributed by atoms with E-state index in [4.69, 9.17) is 4.98 Å². The Hall–Kier alpha value is -3.16. The van der Waals surface area contributed by atoms with E-state index in [9.17, 15) is 4.79 Å². The molecule has 8 nitrogen and oxygen atoms in total. The van der Waals surface area contributed by atoms with Crippen molar-refractivity contribution < 1.29 is 4.79 Å². The zero-order valence-corrected chi connectivity index (χ0v) is 19.9. The highest BCUT2D eigenvalue weighted by Crippen LogP contribution is 2.24. The third-order valence-corrected chi connectivity index (χ3v) is 6.69. The van der Waals surface area contributed by atoms with Crippen molar-refractivity contribution in [1.82, 2.24) is 24.5 Å². The van der Waals surface area contributed by atoms with Crippen LogP contribution in [-0.4, -0.2) is 69.7 Å². The first-order valence-electron chi connectivity index (χ1n) is 12.0. The third kappa shape index (κ3) is 4.51. The Bertz CT molecular complexity index is 1120. The second-order valence-corrected chi connectivity index (χ2v) is 10.1. The molecule has 0 aromatic carbocycles. The quantitative estimate of drug-likeness (QED) is 0.613. The number of piperidine rings is 1. The number of carbonyl (C=O) groups is 1. The number of hydrogen-bond donors (Lipinski definition) is 0. The molecule has 2 aliphatic heterocycles. The van der Waals surface area contributed by atoms with Gasteiger partial charge in [0.05, 0.1) is 11.4 Å². The minimum atomic E-state index is -0.0350. The van der Waals surface area contributed by atoms with Crippen LogP contribution < -0.4 is 9.80 Å². The molecule has 3 aromatic rings. The summed E-state index contributed by atoms with van der Waals surface area (Å²) >= 11 is 0. The number of imidazole rings is 1. The van der Waals surface area contributed by atoms with Crippen LogP contribution in [0, 0.1) is 0 Å². The normalized spacial score (nSPS) is 17.6. The minimum absolute atomic E-state index is 0.0209. The number of piperazine rings is 1. The van der Waals surface area contributed by atoms with Crippen molar-refractivity contribution in [2.45, 2.75) is 45.4 Å². The molecule has 33 heavy (non-hydrogen) atoms. The molecule has 0 radical (unpaired) electrons. The van der Waals surface area contributed by atoms with Gasteiger partial charge in [-0.1, -0.05) is 20.8 Å². The first-order valence-corrected chi connectivity index (χ1v) is 12.0. The monoisotopic (exact) mass is 447 g/mol. The highest BCUT2D eigenvalue weighted by atomic mass is 16.2. The fraction of sp³-hybridized carbons (Fsp3) is 0.520. The van der Waals surface area contributed by atoms with Crippen LogP contribution in [-0.2, 0) is 5.41 Å². The summed E-state index contributed by atoms with van der Waals surface area (Å²) in [4.78, 5) is 24.2. The maximum atomic E-state index is 13.0. The summed E-state index contributed by atoms with van der Waals surface area (Å²) in [5.41, 5.74) is 3.65. The molecule has 2 saturated heterocycles. The average Bonchev–Trinajstić information content (AvgIpc) is 3.29. The van der Waals surface area contributed by atoms with Gasteiger partial charge in [0, 0.05) is 57.1 Å². The number of rotatable bonds is 3. The van der Waals surface area contributed by atoms with Crippen molar-refractivity contribution in [3.05, 3.63) is 48.0 Å². The predicted octanol–water partition coefficient (Wildman–Crippen LogP) is 3.37. The Morgan fingerprint density at radius 1 is 0.818 bits per heavy atom. The van der Waals surface area contributed by atoms with E-state index in [0.717, 1.165) is 49.0 Å². The van der Waals surface area contributed by atoms with Gasteiger partial charge in [-0.15, -0.1) is 10.2 Å². The molecule has 5 heterocycles. The van der Waals surface area contributed by atoms with Gasteiger partial charge >= 0.3 is 0 Å². The van der Waals surface area contributed by atoms with Crippen molar-refractivity contribution in [3.63, 3.8) is 0 Å². The van der Waals surface area contributed by atoms with Crippen molar-refractivity contribution in [2.75, 3.05) is 49.1 Å². The van der Waals surface area contributed by atoms with Crippen LogP contribution >= 0.6 is 0 Å². The van der Waals surface area contributed by atoms with E-state index in [1.807, 2.05) is 17.0 Å². The number of carbonyl (C=O) groups excluding carboxylic acids is 1. The van der Waals surface area contributed by atoms with Gasteiger partial charge in [-0.05, 0) is 43.5 Å². The van der Waals surface area contributed by atoms with Crippen LogP contribution in [0.5, 0.6) is 0 Å². The molecular weight excluding hydrogens is 414 g/mol. The van der Waals surface area contributed by atoms with Crippen LogP contribution in [0.2, 0.25) is 0 Å². The molecule has 5 rings (SSSR count).